The van der Waals surface area contributed by atoms with Crippen molar-refractivity contribution in [3.8, 4) is 5.75 Å². The number of benzene rings is 3. The van der Waals surface area contributed by atoms with E-state index in [1.165, 1.54) is 10.8 Å². The molecule has 138 valence electrons. The van der Waals surface area contributed by atoms with E-state index in [1.807, 2.05) is 42.5 Å². The van der Waals surface area contributed by atoms with Gasteiger partial charge in [-0.3, -0.25) is 4.79 Å². The molecule has 3 nitrogen and oxygen atoms in total. The molecule has 0 saturated carbocycles. The van der Waals surface area contributed by atoms with E-state index >= 15 is 0 Å². The van der Waals surface area contributed by atoms with E-state index in [0.29, 0.717) is 11.4 Å². The molecule has 27 heavy (non-hydrogen) atoms. The van der Waals surface area contributed by atoms with Gasteiger partial charge in [0.15, 0.2) is 0 Å². The van der Waals surface area contributed by atoms with E-state index in [4.69, 9.17) is 4.74 Å². The molecule has 0 aliphatic rings. The molecule has 0 fully saturated rings. The normalized spacial score (nSPS) is 11.4. The number of hydrogen-bond donors (Lipinski definition) is 1. The Morgan fingerprint density at radius 2 is 1.74 bits per heavy atom. The summed E-state index contributed by atoms with van der Waals surface area (Å²) in [5.41, 5.74) is 2.50. The van der Waals surface area contributed by atoms with Crippen molar-refractivity contribution in [3.63, 3.8) is 0 Å². The van der Waals surface area contributed by atoms with E-state index in [0.717, 1.165) is 30.4 Å². The second kappa shape index (κ2) is 9.04. The van der Waals surface area contributed by atoms with Crippen molar-refractivity contribution < 1.29 is 9.53 Å². The molecule has 0 radical (unpaired) electrons. The molecule has 0 spiro atoms. The molecular weight excluding hydrogens is 334 g/mol. The molecule has 3 rings (SSSR count). The lowest BCUT2D eigenvalue weighted by molar-refractivity contribution is -0.112. The van der Waals surface area contributed by atoms with Crippen LogP contribution in [0.25, 0.3) is 16.8 Å². The van der Waals surface area contributed by atoms with Gasteiger partial charge in [-0.2, -0.15) is 0 Å². The van der Waals surface area contributed by atoms with Crippen molar-refractivity contribution in [1.82, 2.24) is 0 Å². The number of carbonyl (C=O) groups excluding carboxylic acids is 1. The number of amides is 1. The Bertz CT molecular complexity index is 959. The first-order valence-corrected chi connectivity index (χ1v) is 9.35. The number of methoxy groups -OCH3 is 1. The minimum Gasteiger partial charge on any atom is -0.495 e. The van der Waals surface area contributed by atoms with Crippen molar-refractivity contribution in [2.45, 2.75) is 26.2 Å². The highest BCUT2D eigenvalue weighted by molar-refractivity contribution is 6.07. The van der Waals surface area contributed by atoms with Gasteiger partial charge in [0.1, 0.15) is 5.75 Å². The number of nitrogens with one attached hydrogen (secondary N) is 1. The molecular formula is C24H25NO2. The first-order chi connectivity index (χ1) is 13.2. The molecule has 0 aromatic heterocycles. The van der Waals surface area contributed by atoms with Crippen LogP contribution in [0, 0.1) is 0 Å². The topological polar surface area (TPSA) is 38.3 Å². The Morgan fingerprint density at radius 3 is 2.52 bits per heavy atom. The smallest absolute Gasteiger partial charge is 0.251 e. The van der Waals surface area contributed by atoms with E-state index in [-0.39, 0.29) is 5.91 Å². The third kappa shape index (κ3) is 4.76. The van der Waals surface area contributed by atoms with Crippen molar-refractivity contribution >= 4 is 28.4 Å². The van der Waals surface area contributed by atoms with Crippen LogP contribution in [0.3, 0.4) is 0 Å². The maximum absolute atomic E-state index is 12.9. The van der Waals surface area contributed by atoms with E-state index < -0.39 is 0 Å². The highest BCUT2D eigenvalue weighted by atomic mass is 16.5. The number of ether oxygens (including phenoxy) is 1. The molecule has 0 atom stereocenters. The van der Waals surface area contributed by atoms with Crippen LogP contribution in [0.15, 0.2) is 72.3 Å². The molecule has 0 heterocycles. The minimum atomic E-state index is -0.0823. The summed E-state index contributed by atoms with van der Waals surface area (Å²) >= 11 is 0. The molecule has 0 aliphatic carbocycles. The van der Waals surface area contributed by atoms with Crippen molar-refractivity contribution in [2.75, 3.05) is 12.4 Å². The number of para-hydroxylation sites is 2. The van der Waals surface area contributed by atoms with Crippen LogP contribution < -0.4 is 10.1 Å². The monoisotopic (exact) mass is 359 g/mol. The zero-order chi connectivity index (χ0) is 19.1. The van der Waals surface area contributed by atoms with E-state index in [9.17, 15) is 4.79 Å². The van der Waals surface area contributed by atoms with Gasteiger partial charge in [0, 0.05) is 5.57 Å². The van der Waals surface area contributed by atoms with Crippen LogP contribution in [-0.2, 0) is 4.79 Å². The average Bonchev–Trinajstić information content (AvgIpc) is 2.71. The van der Waals surface area contributed by atoms with Gasteiger partial charge in [0.25, 0.3) is 5.91 Å². The number of carbonyl (C=O) groups is 1. The van der Waals surface area contributed by atoms with Gasteiger partial charge in [-0.25, -0.2) is 0 Å². The summed E-state index contributed by atoms with van der Waals surface area (Å²) in [6.07, 6.45) is 4.74. The first kappa shape index (κ1) is 18.7. The molecule has 1 amide bonds. The Hall–Kier alpha value is -3.07. The molecule has 3 aromatic carbocycles. The lowest BCUT2D eigenvalue weighted by Crippen LogP contribution is -2.15. The van der Waals surface area contributed by atoms with Gasteiger partial charge >= 0.3 is 0 Å². The Balaban J connectivity index is 1.89. The highest BCUT2D eigenvalue weighted by Gasteiger charge is 2.12. The van der Waals surface area contributed by atoms with Crippen LogP contribution in [0.1, 0.15) is 31.7 Å². The van der Waals surface area contributed by atoms with E-state index in [2.05, 4.69) is 42.6 Å². The minimum absolute atomic E-state index is 0.0823. The fourth-order valence-electron chi connectivity index (χ4n) is 3.07. The van der Waals surface area contributed by atoms with Gasteiger partial charge in [0.2, 0.25) is 0 Å². The predicted molar refractivity (Wildman–Crippen MR) is 113 cm³/mol. The van der Waals surface area contributed by atoms with Crippen molar-refractivity contribution in [1.29, 1.82) is 0 Å². The summed E-state index contributed by atoms with van der Waals surface area (Å²) in [6, 6.07) is 22.0. The van der Waals surface area contributed by atoms with E-state index in [1.54, 1.807) is 7.11 Å². The summed E-state index contributed by atoms with van der Waals surface area (Å²) in [4.78, 5) is 12.9. The SMILES string of the molecule is CCCC/C(=C/c1ccc2ccccc2c1)C(=O)Nc1ccccc1OC. The quantitative estimate of drug-likeness (QED) is 0.521. The third-order valence-corrected chi connectivity index (χ3v) is 4.56. The molecule has 3 heteroatoms. The Labute approximate surface area is 160 Å². The summed E-state index contributed by atoms with van der Waals surface area (Å²) in [5, 5.41) is 5.37. The number of anilines is 1. The summed E-state index contributed by atoms with van der Waals surface area (Å²) in [6.45, 7) is 2.13. The fraction of sp³-hybridized carbons (Fsp3) is 0.208. The first-order valence-electron chi connectivity index (χ1n) is 9.35. The Kier molecular flexibility index (Phi) is 6.26. The zero-order valence-corrected chi connectivity index (χ0v) is 15.9. The number of hydrogen-bond acceptors (Lipinski definition) is 2. The van der Waals surface area contributed by atoms with Crippen LogP contribution in [0.4, 0.5) is 5.69 Å². The zero-order valence-electron chi connectivity index (χ0n) is 15.9. The molecule has 1 N–H and O–H groups in total. The van der Waals surface area contributed by atoms with Crippen LogP contribution in [-0.4, -0.2) is 13.0 Å². The summed E-state index contributed by atoms with van der Waals surface area (Å²) in [5.74, 6) is 0.576. The summed E-state index contributed by atoms with van der Waals surface area (Å²) < 4.78 is 5.34. The van der Waals surface area contributed by atoms with Crippen molar-refractivity contribution in [2.24, 2.45) is 0 Å². The summed E-state index contributed by atoms with van der Waals surface area (Å²) in [7, 11) is 1.61. The molecule has 0 unspecified atom stereocenters. The number of rotatable bonds is 7. The lowest BCUT2D eigenvalue weighted by atomic mass is 10.0. The van der Waals surface area contributed by atoms with Gasteiger partial charge < -0.3 is 10.1 Å². The standard InChI is InChI=1S/C24H25NO2/c1-3-4-9-21(24(26)25-22-12-7-8-13-23(22)27-2)17-18-14-15-19-10-5-6-11-20(19)16-18/h5-8,10-17H,3-4,9H2,1-2H3,(H,25,26)/b21-17-. The number of unbranched alkanes of at least 4 members (excludes halogenated alkanes) is 1. The number of fused-ring (bicyclic) bond motifs is 1. The van der Waals surface area contributed by atoms with Crippen LogP contribution in [0.2, 0.25) is 0 Å². The lowest BCUT2D eigenvalue weighted by Gasteiger charge is -2.12. The van der Waals surface area contributed by atoms with Crippen molar-refractivity contribution in [3.05, 3.63) is 77.9 Å². The second-order valence-electron chi connectivity index (χ2n) is 6.53. The molecule has 0 bridgehead atoms. The van der Waals surface area contributed by atoms with Crippen LogP contribution >= 0.6 is 0 Å². The molecule has 0 saturated heterocycles. The maximum Gasteiger partial charge on any atom is 0.251 e. The second-order valence-corrected chi connectivity index (χ2v) is 6.53. The Morgan fingerprint density at radius 1 is 1.00 bits per heavy atom. The third-order valence-electron chi connectivity index (χ3n) is 4.56. The van der Waals surface area contributed by atoms with Gasteiger partial charge in [-0.15, -0.1) is 0 Å². The predicted octanol–water partition coefficient (Wildman–Crippen LogP) is 6.06. The fourth-order valence-corrected chi connectivity index (χ4v) is 3.07. The largest absolute Gasteiger partial charge is 0.495 e. The molecule has 3 aromatic rings. The average molecular weight is 359 g/mol. The highest BCUT2D eigenvalue weighted by Crippen LogP contribution is 2.25. The van der Waals surface area contributed by atoms with Crippen LogP contribution in [0.5, 0.6) is 5.75 Å². The van der Waals surface area contributed by atoms with Gasteiger partial charge in [-0.05, 0) is 53.5 Å². The van der Waals surface area contributed by atoms with Gasteiger partial charge in [-0.1, -0.05) is 61.9 Å². The van der Waals surface area contributed by atoms with Gasteiger partial charge in [0.05, 0.1) is 12.8 Å². The maximum atomic E-state index is 12.9. The molecule has 0 aliphatic heterocycles.